The normalized spacial score (nSPS) is 17.9. The third-order valence-corrected chi connectivity index (χ3v) is 4.50. The van der Waals surface area contributed by atoms with Crippen molar-refractivity contribution in [3.8, 4) is 5.75 Å². The van der Waals surface area contributed by atoms with E-state index in [-0.39, 0.29) is 17.3 Å². The fourth-order valence-electron chi connectivity index (χ4n) is 2.27. The van der Waals surface area contributed by atoms with E-state index < -0.39 is 5.82 Å². The van der Waals surface area contributed by atoms with Crippen LogP contribution in [0, 0.1) is 5.82 Å². The molecule has 1 saturated heterocycles. The zero-order chi connectivity index (χ0) is 17.1. The van der Waals surface area contributed by atoms with Gasteiger partial charge in [-0.3, -0.25) is 9.69 Å². The van der Waals surface area contributed by atoms with Crippen LogP contribution in [-0.4, -0.2) is 27.6 Å². The van der Waals surface area contributed by atoms with Gasteiger partial charge in [-0.1, -0.05) is 30.3 Å². The van der Waals surface area contributed by atoms with Crippen LogP contribution in [0.2, 0.25) is 0 Å². The molecule has 1 amide bonds. The van der Waals surface area contributed by atoms with Gasteiger partial charge in [0, 0.05) is 12.1 Å². The van der Waals surface area contributed by atoms with Crippen molar-refractivity contribution in [2.75, 3.05) is 6.54 Å². The summed E-state index contributed by atoms with van der Waals surface area (Å²) in [7, 11) is 0. The molecule has 1 heterocycles. The quantitative estimate of drug-likeness (QED) is 0.853. The minimum absolute atomic E-state index is 0.0981. The molecule has 0 bridgehead atoms. The third kappa shape index (κ3) is 3.19. The summed E-state index contributed by atoms with van der Waals surface area (Å²) in [5, 5.41) is 10.3. The Kier molecular flexibility index (Phi) is 4.66. The van der Waals surface area contributed by atoms with Crippen LogP contribution in [0.15, 0.2) is 58.4 Å². The monoisotopic (exact) mass is 342 g/mol. The first kappa shape index (κ1) is 16.3. The number of hydrogen-bond acceptors (Lipinski definition) is 4. The fraction of sp³-hybridized carbons (Fsp3) is 0.111. The Labute approximate surface area is 143 Å². The first-order chi connectivity index (χ1) is 11.6. The summed E-state index contributed by atoms with van der Waals surface area (Å²) in [4.78, 5) is 18.7. The van der Waals surface area contributed by atoms with Gasteiger partial charge < -0.3 is 5.11 Å². The first-order valence-electron chi connectivity index (χ1n) is 7.42. The highest BCUT2D eigenvalue weighted by Gasteiger charge is 2.32. The number of phenols is 1. The minimum Gasteiger partial charge on any atom is -0.507 e. The van der Waals surface area contributed by atoms with Gasteiger partial charge in [0.25, 0.3) is 5.91 Å². The maximum Gasteiger partial charge on any atom is 0.266 e. The molecule has 0 radical (unpaired) electrons. The Balaban J connectivity index is 1.98. The second-order valence-electron chi connectivity index (χ2n) is 5.06. The fourth-order valence-corrected chi connectivity index (χ4v) is 3.31. The van der Waals surface area contributed by atoms with Gasteiger partial charge in [0.2, 0.25) is 0 Å². The van der Waals surface area contributed by atoms with E-state index in [2.05, 4.69) is 4.99 Å². The van der Waals surface area contributed by atoms with Gasteiger partial charge in [-0.25, -0.2) is 9.38 Å². The Morgan fingerprint density at radius 3 is 2.62 bits per heavy atom. The molecule has 6 heteroatoms. The Bertz CT molecular complexity index is 848. The standard InChI is InChI=1S/C18H15FN2O2S/c1-2-21-17(23)16(11-12-7-3-6-10-15(12)22)24-18(21)20-14-9-5-4-8-13(14)19/h3-11,22H,2H2,1H3/b16-11+,20-18?. The largest absolute Gasteiger partial charge is 0.507 e. The molecule has 4 nitrogen and oxygen atoms in total. The Morgan fingerprint density at radius 2 is 1.92 bits per heavy atom. The molecule has 1 N–H and O–H groups in total. The molecule has 122 valence electrons. The average Bonchev–Trinajstić information content (AvgIpc) is 2.87. The molecule has 24 heavy (non-hydrogen) atoms. The SMILES string of the molecule is CCN1C(=O)/C(=C\c2ccccc2O)SC1=Nc1ccccc1F. The van der Waals surface area contributed by atoms with Crippen molar-refractivity contribution in [2.45, 2.75) is 6.92 Å². The molecule has 1 aliphatic heterocycles. The number of aliphatic imine (C=N–C) groups is 1. The van der Waals surface area contributed by atoms with Gasteiger partial charge in [-0.2, -0.15) is 0 Å². The highest BCUT2D eigenvalue weighted by Crippen LogP contribution is 2.35. The number of amides is 1. The zero-order valence-electron chi connectivity index (χ0n) is 12.9. The first-order valence-corrected chi connectivity index (χ1v) is 8.24. The smallest absolute Gasteiger partial charge is 0.266 e. The van der Waals surface area contributed by atoms with Crippen molar-refractivity contribution in [3.63, 3.8) is 0 Å². The van der Waals surface area contributed by atoms with Crippen molar-refractivity contribution in [1.29, 1.82) is 0 Å². The number of carbonyl (C=O) groups is 1. The number of para-hydroxylation sites is 2. The van der Waals surface area contributed by atoms with E-state index in [1.807, 2.05) is 6.92 Å². The molecule has 0 unspecified atom stereocenters. The molecule has 3 rings (SSSR count). The van der Waals surface area contributed by atoms with Crippen LogP contribution in [0.1, 0.15) is 12.5 Å². The molecular weight excluding hydrogens is 327 g/mol. The predicted octanol–water partition coefficient (Wildman–Crippen LogP) is 4.16. The van der Waals surface area contributed by atoms with Crippen LogP contribution in [0.4, 0.5) is 10.1 Å². The summed E-state index contributed by atoms with van der Waals surface area (Å²) >= 11 is 1.17. The van der Waals surface area contributed by atoms with E-state index in [4.69, 9.17) is 0 Å². The molecule has 0 aromatic heterocycles. The number of amidine groups is 1. The topological polar surface area (TPSA) is 52.9 Å². The lowest BCUT2D eigenvalue weighted by atomic mass is 10.2. The van der Waals surface area contributed by atoms with E-state index in [0.717, 1.165) is 0 Å². The van der Waals surface area contributed by atoms with Crippen molar-refractivity contribution in [3.05, 3.63) is 64.8 Å². The number of likely N-dealkylation sites (N-methyl/N-ethyl adjacent to an activating group) is 1. The van der Waals surface area contributed by atoms with Crippen LogP contribution < -0.4 is 0 Å². The number of carbonyl (C=O) groups excluding carboxylic acids is 1. The summed E-state index contributed by atoms with van der Waals surface area (Å²) < 4.78 is 13.8. The van der Waals surface area contributed by atoms with E-state index in [1.165, 1.54) is 22.7 Å². The Hall–Kier alpha value is -2.60. The number of hydrogen-bond donors (Lipinski definition) is 1. The van der Waals surface area contributed by atoms with Crippen LogP contribution in [0.5, 0.6) is 5.75 Å². The number of thioether (sulfide) groups is 1. The molecule has 2 aromatic rings. The van der Waals surface area contributed by atoms with Crippen LogP contribution in [-0.2, 0) is 4.79 Å². The highest BCUT2D eigenvalue weighted by molar-refractivity contribution is 8.18. The minimum atomic E-state index is -0.438. The Morgan fingerprint density at radius 1 is 1.21 bits per heavy atom. The van der Waals surface area contributed by atoms with Gasteiger partial charge in [-0.05, 0) is 43.0 Å². The highest BCUT2D eigenvalue weighted by atomic mass is 32.2. The predicted molar refractivity (Wildman–Crippen MR) is 94.6 cm³/mol. The molecule has 2 aromatic carbocycles. The van der Waals surface area contributed by atoms with Crippen molar-refractivity contribution < 1.29 is 14.3 Å². The van der Waals surface area contributed by atoms with Crippen molar-refractivity contribution >= 4 is 34.6 Å². The maximum atomic E-state index is 13.8. The van der Waals surface area contributed by atoms with Gasteiger partial charge in [-0.15, -0.1) is 0 Å². The van der Waals surface area contributed by atoms with E-state index in [0.29, 0.717) is 22.2 Å². The summed E-state index contributed by atoms with van der Waals surface area (Å²) in [5.41, 5.74) is 0.742. The lowest BCUT2D eigenvalue weighted by Gasteiger charge is -2.12. The molecule has 0 spiro atoms. The number of halogens is 1. The third-order valence-electron chi connectivity index (χ3n) is 3.50. The molecular formula is C18H15FN2O2S. The number of rotatable bonds is 3. The van der Waals surface area contributed by atoms with Crippen LogP contribution >= 0.6 is 11.8 Å². The van der Waals surface area contributed by atoms with E-state index in [9.17, 15) is 14.3 Å². The summed E-state index contributed by atoms with van der Waals surface area (Å²) in [5.74, 6) is -0.547. The number of aromatic hydroxyl groups is 1. The molecule has 1 aliphatic rings. The van der Waals surface area contributed by atoms with Gasteiger partial charge in [0.15, 0.2) is 5.17 Å². The second kappa shape index (κ2) is 6.88. The second-order valence-corrected chi connectivity index (χ2v) is 6.07. The molecule has 1 fully saturated rings. The van der Waals surface area contributed by atoms with Gasteiger partial charge >= 0.3 is 0 Å². The molecule has 0 aliphatic carbocycles. The maximum absolute atomic E-state index is 13.8. The van der Waals surface area contributed by atoms with Crippen LogP contribution in [0.25, 0.3) is 6.08 Å². The van der Waals surface area contributed by atoms with Crippen molar-refractivity contribution in [1.82, 2.24) is 4.90 Å². The van der Waals surface area contributed by atoms with Gasteiger partial charge in [0.05, 0.1) is 4.91 Å². The lowest BCUT2D eigenvalue weighted by Crippen LogP contribution is -2.28. The number of phenolic OH excluding ortho intramolecular Hbond substituents is 1. The van der Waals surface area contributed by atoms with Crippen molar-refractivity contribution in [2.24, 2.45) is 4.99 Å². The van der Waals surface area contributed by atoms with Gasteiger partial charge in [0.1, 0.15) is 17.3 Å². The molecule has 0 atom stereocenters. The number of benzene rings is 2. The molecule has 0 saturated carbocycles. The summed E-state index contributed by atoms with van der Waals surface area (Å²) in [6, 6.07) is 12.9. The lowest BCUT2D eigenvalue weighted by molar-refractivity contribution is -0.122. The van der Waals surface area contributed by atoms with E-state index in [1.54, 1.807) is 48.5 Å². The summed E-state index contributed by atoms with van der Waals surface area (Å²) in [6.45, 7) is 2.26. The van der Waals surface area contributed by atoms with Crippen LogP contribution in [0.3, 0.4) is 0 Å². The summed E-state index contributed by atoms with van der Waals surface area (Å²) in [6.07, 6.45) is 1.62. The zero-order valence-corrected chi connectivity index (χ0v) is 13.8. The number of nitrogens with zero attached hydrogens (tertiary/aromatic N) is 2. The van der Waals surface area contributed by atoms with E-state index >= 15 is 0 Å². The average molecular weight is 342 g/mol.